The van der Waals surface area contributed by atoms with Gasteiger partial charge >= 0.3 is 0 Å². The van der Waals surface area contributed by atoms with Gasteiger partial charge in [0.15, 0.2) is 0 Å². The fraction of sp³-hybridized carbons (Fsp3) is 0.200. The summed E-state index contributed by atoms with van der Waals surface area (Å²) in [5.74, 6) is 0.518. The van der Waals surface area contributed by atoms with Crippen molar-refractivity contribution in [2.24, 2.45) is 4.99 Å². The van der Waals surface area contributed by atoms with Crippen LogP contribution in [0, 0.1) is 0 Å². The van der Waals surface area contributed by atoms with E-state index in [0.29, 0.717) is 5.82 Å². The van der Waals surface area contributed by atoms with Crippen LogP contribution in [0.25, 0.3) is 5.70 Å². The molecule has 2 N–H and O–H groups in total. The lowest BCUT2D eigenvalue weighted by Crippen LogP contribution is -1.96. The summed E-state index contributed by atoms with van der Waals surface area (Å²) in [5, 5.41) is 4.11. The lowest BCUT2D eigenvalue weighted by Gasteiger charge is -1.98. The molecule has 0 saturated heterocycles. The molecule has 4 nitrogen and oxygen atoms in total. The summed E-state index contributed by atoms with van der Waals surface area (Å²) in [4.78, 5) is 4.28. The minimum atomic E-state index is 0.518. The van der Waals surface area contributed by atoms with Gasteiger partial charge in [-0.05, 0) is 13.0 Å². The van der Waals surface area contributed by atoms with Crippen LogP contribution in [-0.4, -0.2) is 15.5 Å². The molecule has 0 radical (unpaired) electrons. The lowest BCUT2D eigenvalue weighted by molar-refractivity contribution is 0.913. The van der Waals surface area contributed by atoms with E-state index >= 15 is 0 Å². The third-order valence-electron chi connectivity index (χ3n) is 1.99. The van der Waals surface area contributed by atoms with Gasteiger partial charge < -0.3 is 5.73 Å². The van der Waals surface area contributed by atoms with Crippen molar-refractivity contribution in [1.82, 2.24) is 9.78 Å². The number of nitrogen functional groups attached to an aromatic ring is 1. The summed E-state index contributed by atoms with van der Waals surface area (Å²) in [5.41, 5.74) is 7.56. The van der Waals surface area contributed by atoms with Crippen molar-refractivity contribution in [2.45, 2.75) is 13.3 Å². The summed E-state index contributed by atoms with van der Waals surface area (Å²) < 4.78 is 1.72. The second kappa shape index (κ2) is 3.49. The molecule has 1 aliphatic rings. The minimum Gasteiger partial charge on any atom is -0.382 e. The van der Waals surface area contributed by atoms with Crippen molar-refractivity contribution in [2.75, 3.05) is 5.73 Å². The molecule has 14 heavy (non-hydrogen) atoms. The van der Waals surface area contributed by atoms with Crippen molar-refractivity contribution >= 4 is 17.2 Å². The Morgan fingerprint density at radius 2 is 2.36 bits per heavy atom. The molecule has 0 aromatic carbocycles. The molecule has 72 valence electrons. The first kappa shape index (κ1) is 8.74. The quantitative estimate of drug-likeness (QED) is 0.729. The van der Waals surface area contributed by atoms with Gasteiger partial charge in [-0.1, -0.05) is 6.08 Å². The first-order valence-corrected chi connectivity index (χ1v) is 4.47. The third-order valence-corrected chi connectivity index (χ3v) is 1.99. The number of hydrogen-bond donors (Lipinski definition) is 1. The Hall–Kier alpha value is -1.84. The highest BCUT2D eigenvalue weighted by atomic mass is 15.3. The maximum absolute atomic E-state index is 5.53. The molecular formula is C10H12N4. The summed E-state index contributed by atoms with van der Waals surface area (Å²) >= 11 is 0. The Kier molecular flexibility index (Phi) is 2.18. The molecule has 0 fully saturated rings. The highest BCUT2D eigenvalue weighted by Crippen LogP contribution is 2.11. The van der Waals surface area contributed by atoms with Gasteiger partial charge in [0.25, 0.3) is 0 Å². The second-order valence-corrected chi connectivity index (χ2v) is 3.21. The number of nitrogens with zero attached hydrogens (tertiary/aromatic N) is 3. The van der Waals surface area contributed by atoms with Crippen LogP contribution in [0.15, 0.2) is 35.6 Å². The Morgan fingerprint density at radius 1 is 1.50 bits per heavy atom. The molecular weight excluding hydrogens is 176 g/mol. The molecule has 1 aromatic rings. The molecule has 0 bridgehead atoms. The van der Waals surface area contributed by atoms with E-state index in [1.54, 1.807) is 16.9 Å². The van der Waals surface area contributed by atoms with Gasteiger partial charge in [0.2, 0.25) is 0 Å². The third kappa shape index (κ3) is 1.74. The van der Waals surface area contributed by atoms with Crippen molar-refractivity contribution in [1.29, 1.82) is 0 Å². The van der Waals surface area contributed by atoms with Gasteiger partial charge in [0.1, 0.15) is 5.82 Å². The van der Waals surface area contributed by atoms with Crippen LogP contribution in [-0.2, 0) is 0 Å². The highest BCUT2D eigenvalue weighted by Gasteiger charge is 2.00. The predicted molar refractivity (Wildman–Crippen MR) is 57.8 cm³/mol. The number of anilines is 1. The van der Waals surface area contributed by atoms with Gasteiger partial charge in [-0.25, -0.2) is 4.68 Å². The Balaban J connectivity index is 2.35. The topological polar surface area (TPSA) is 56.2 Å². The fourth-order valence-corrected chi connectivity index (χ4v) is 1.24. The summed E-state index contributed by atoms with van der Waals surface area (Å²) in [6.45, 7) is 2.00. The van der Waals surface area contributed by atoms with Crippen LogP contribution in [0.4, 0.5) is 5.82 Å². The smallest absolute Gasteiger partial charge is 0.145 e. The van der Waals surface area contributed by atoms with Crippen LogP contribution in [0.3, 0.4) is 0 Å². The van der Waals surface area contributed by atoms with E-state index in [4.69, 9.17) is 5.73 Å². The van der Waals surface area contributed by atoms with Crippen LogP contribution < -0.4 is 5.73 Å². The van der Waals surface area contributed by atoms with E-state index in [1.165, 1.54) is 0 Å². The molecule has 2 rings (SSSR count). The van der Waals surface area contributed by atoms with Gasteiger partial charge in [0, 0.05) is 24.4 Å². The maximum Gasteiger partial charge on any atom is 0.145 e. The molecule has 4 heteroatoms. The molecule has 0 spiro atoms. The number of nitrogens with two attached hydrogens (primary N) is 1. The van der Waals surface area contributed by atoms with Crippen molar-refractivity contribution < 1.29 is 0 Å². The average molecular weight is 188 g/mol. The summed E-state index contributed by atoms with van der Waals surface area (Å²) in [6, 6.07) is 1.76. The normalized spacial score (nSPS) is 16.1. The minimum absolute atomic E-state index is 0.518. The van der Waals surface area contributed by atoms with Gasteiger partial charge in [-0.15, -0.1) is 0 Å². The zero-order chi connectivity index (χ0) is 9.97. The SMILES string of the molecule is CC1=NC=C(n2ccc(N)n2)C=CC1. The predicted octanol–water partition coefficient (Wildman–Crippen LogP) is 1.68. The number of aliphatic imine (C=N–C) groups is 1. The highest BCUT2D eigenvalue weighted by molar-refractivity contribution is 5.85. The van der Waals surface area contributed by atoms with Crippen LogP contribution >= 0.6 is 0 Å². The van der Waals surface area contributed by atoms with E-state index in [-0.39, 0.29) is 0 Å². The van der Waals surface area contributed by atoms with E-state index in [0.717, 1.165) is 17.8 Å². The maximum atomic E-state index is 5.53. The monoisotopic (exact) mass is 188 g/mol. The standard InChI is InChI=1S/C10H12N4/c1-8-3-2-4-9(7-12-8)14-6-5-10(11)13-14/h2,4-7H,3H2,1H3,(H2,11,13). The van der Waals surface area contributed by atoms with Crippen LogP contribution in [0.1, 0.15) is 13.3 Å². The number of allylic oxidation sites excluding steroid dienone is 3. The van der Waals surface area contributed by atoms with Gasteiger partial charge in [-0.2, -0.15) is 5.10 Å². The van der Waals surface area contributed by atoms with Crippen molar-refractivity contribution in [3.63, 3.8) is 0 Å². The van der Waals surface area contributed by atoms with Crippen LogP contribution in [0.2, 0.25) is 0 Å². The molecule has 1 aliphatic heterocycles. The molecule has 0 saturated carbocycles. The Morgan fingerprint density at radius 3 is 3.07 bits per heavy atom. The average Bonchev–Trinajstić information content (AvgIpc) is 2.46. The molecule has 0 aliphatic carbocycles. The molecule has 0 atom stereocenters. The van der Waals surface area contributed by atoms with Gasteiger partial charge in [-0.3, -0.25) is 4.99 Å². The number of aromatic nitrogens is 2. The van der Waals surface area contributed by atoms with E-state index in [9.17, 15) is 0 Å². The Labute approximate surface area is 82.4 Å². The largest absolute Gasteiger partial charge is 0.382 e. The lowest BCUT2D eigenvalue weighted by atomic mass is 10.3. The fourth-order valence-electron chi connectivity index (χ4n) is 1.24. The summed E-state index contributed by atoms with van der Waals surface area (Å²) in [7, 11) is 0. The zero-order valence-corrected chi connectivity index (χ0v) is 8.01. The molecule has 2 heterocycles. The zero-order valence-electron chi connectivity index (χ0n) is 8.01. The number of hydrogen-bond acceptors (Lipinski definition) is 3. The Bertz CT molecular complexity index is 423. The second-order valence-electron chi connectivity index (χ2n) is 3.21. The van der Waals surface area contributed by atoms with Crippen molar-refractivity contribution in [3.05, 3.63) is 30.6 Å². The van der Waals surface area contributed by atoms with Crippen molar-refractivity contribution in [3.8, 4) is 0 Å². The van der Waals surface area contributed by atoms with E-state index < -0.39 is 0 Å². The number of rotatable bonds is 1. The van der Waals surface area contributed by atoms with Crippen LogP contribution in [0.5, 0.6) is 0 Å². The first-order chi connectivity index (χ1) is 6.75. The van der Waals surface area contributed by atoms with E-state index in [1.807, 2.05) is 19.2 Å². The van der Waals surface area contributed by atoms with Gasteiger partial charge in [0.05, 0.1) is 11.9 Å². The molecule has 1 aromatic heterocycles. The first-order valence-electron chi connectivity index (χ1n) is 4.47. The van der Waals surface area contributed by atoms with E-state index in [2.05, 4.69) is 16.2 Å². The molecule has 0 unspecified atom stereocenters. The summed E-state index contributed by atoms with van der Waals surface area (Å²) in [6.07, 6.45) is 8.56. The molecule has 0 amide bonds.